The second kappa shape index (κ2) is 7.90. The Morgan fingerprint density at radius 1 is 1.39 bits per heavy atom. The molecule has 0 N–H and O–H groups in total. The van der Waals surface area contributed by atoms with Crippen LogP contribution >= 0.6 is 0 Å². The summed E-state index contributed by atoms with van der Waals surface area (Å²) in [5.74, 6) is -0.417. The van der Waals surface area contributed by atoms with Gasteiger partial charge in [0.15, 0.2) is 0 Å². The van der Waals surface area contributed by atoms with Crippen molar-refractivity contribution in [3.63, 3.8) is 0 Å². The largest absolute Gasteiger partial charge is 0.465 e. The third-order valence-electron chi connectivity index (χ3n) is 3.25. The van der Waals surface area contributed by atoms with Crippen molar-refractivity contribution in [2.45, 2.75) is 39.0 Å². The molecule has 1 fully saturated rings. The topological polar surface area (TPSA) is 46.6 Å². The monoisotopic (exact) mass is 253 g/mol. The predicted octanol–water partition coefficient (Wildman–Crippen LogP) is 2.14. The molecular formula is C14H23NO3. The number of unbranched alkanes of at least 4 members (excludes halogenated alkanes) is 3. The van der Waals surface area contributed by atoms with E-state index in [2.05, 4.69) is 13.5 Å². The molecule has 0 aromatic rings. The Kier molecular flexibility index (Phi) is 6.47. The van der Waals surface area contributed by atoms with Crippen LogP contribution in [0.1, 0.15) is 39.0 Å². The van der Waals surface area contributed by atoms with Crippen molar-refractivity contribution in [3.8, 4) is 0 Å². The summed E-state index contributed by atoms with van der Waals surface area (Å²) < 4.78 is 5.23. The molecule has 4 heteroatoms. The number of hydrogen-bond acceptors (Lipinski definition) is 3. The van der Waals surface area contributed by atoms with Gasteiger partial charge in [-0.05, 0) is 18.9 Å². The van der Waals surface area contributed by atoms with Gasteiger partial charge in [-0.3, -0.25) is 9.59 Å². The molecule has 0 aromatic carbocycles. The summed E-state index contributed by atoms with van der Waals surface area (Å²) in [5, 5.41) is 0. The smallest absolute Gasteiger partial charge is 0.310 e. The molecule has 0 aromatic heterocycles. The third kappa shape index (κ3) is 4.51. The van der Waals surface area contributed by atoms with E-state index in [1.54, 1.807) is 4.90 Å². The SMILES string of the molecule is C=CC(=O)N1CCC(C(=O)OCCCCCC)C1. The summed E-state index contributed by atoms with van der Waals surface area (Å²) in [7, 11) is 0. The minimum absolute atomic E-state index is 0.103. The van der Waals surface area contributed by atoms with Crippen LogP contribution in [0.2, 0.25) is 0 Å². The maximum absolute atomic E-state index is 11.7. The molecule has 102 valence electrons. The quantitative estimate of drug-likeness (QED) is 0.397. The second-order valence-electron chi connectivity index (χ2n) is 4.70. The van der Waals surface area contributed by atoms with Crippen molar-refractivity contribution in [1.29, 1.82) is 0 Å². The summed E-state index contributed by atoms with van der Waals surface area (Å²) >= 11 is 0. The highest BCUT2D eigenvalue weighted by Crippen LogP contribution is 2.18. The normalized spacial score (nSPS) is 18.7. The van der Waals surface area contributed by atoms with Crippen LogP contribution in [-0.4, -0.2) is 36.5 Å². The summed E-state index contributed by atoms with van der Waals surface area (Å²) in [6, 6.07) is 0. The minimum atomic E-state index is -0.161. The minimum Gasteiger partial charge on any atom is -0.465 e. The van der Waals surface area contributed by atoms with Gasteiger partial charge >= 0.3 is 5.97 Å². The predicted molar refractivity (Wildman–Crippen MR) is 70.0 cm³/mol. The number of hydrogen-bond donors (Lipinski definition) is 0. The summed E-state index contributed by atoms with van der Waals surface area (Å²) in [6.07, 6.45) is 6.39. The van der Waals surface area contributed by atoms with E-state index in [1.807, 2.05) is 0 Å². The van der Waals surface area contributed by atoms with Crippen molar-refractivity contribution in [2.75, 3.05) is 19.7 Å². The van der Waals surface area contributed by atoms with Crippen LogP contribution in [0.5, 0.6) is 0 Å². The third-order valence-corrected chi connectivity index (χ3v) is 3.25. The molecule has 0 radical (unpaired) electrons. The van der Waals surface area contributed by atoms with E-state index in [-0.39, 0.29) is 17.8 Å². The Labute approximate surface area is 109 Å². The molecule has 0 saturated carbocycles. The van der Waals surface area contributed by atoms with Crippen molar-refractivity contribution in [3.05, 3.63) is 12.7 Å². The van der Waals surface area contributed by atoms with Crippen molar-refractivity contribution in [1.82, 2.24) is 4.90 Å². The lowest BCUT2D eigenvalue weighted by molar-refractivity contribution is -0.148. The van der Waals surface area contributed by atoms with Gasteiger partial charge in [0.05, 0.1) is 12.5 Å². The standard InChI is InChI=1S/C14H23NO3/c1-3-5-6-7-10-18-14(17)12-8-9-15(11-12)13(16)4-2/h4,12H,2-3,5-11H2,1H3. The number of likely N-dealkylation sites (tertiary alicyclic amines) is 1. The van der Waals surface area contributed by atoms with Crippen LogP contribution in [0.4, 0.5) is 0 Å². The summed E-state index contributed by atoms with van der Waals surface area (Å²) in [4.78, 5) is 24.8. The van der Waals surface area contributed by atoms with Crippen LogP contribution in [0.3, 0.4) is 0 Å². The van der Waals surface area contributed by atoms with Crippen molar-refractivity contribution in [2.24, 2.45) is 5.92 Å². The Morgan fingerprint density at radius 2 is 2.17 bits per heavy atom. The van der Waals surface area contributed by atoms with E-state index in [4.69, 9.17) is 4.74 Å². The molecule has 1 aliphatic rings. The fraction of sp³-hybridized carbons (Fsp3) is 0.714. The van der Waals surface area contributed by atoms with E-state index in [9.17, 15) is 9.59 Å². The molecule has 1 unspecified atom stereocenters. The first kappa shape index (κ1) is 14.7. The van der Waals surface area contributed by atoms with E-state index < -0.39 is 0 Å². The lowest BCUT2D eigenvalue weighted by Gasteiger charge is -2.13. The van der Waals surface area contributed by atoms with E-state index in [0.717, 1.165) is 12.8 Å². The molecule has 0 aliphatic carbocycles. The molecule has 1 heterocycles. The van der Waals surface area contributed by atoms with Crippen LogP contribution in [0.15, 0.2) is 12.7 Å². The average molecular weight is 253 g/mol. The Bertz CT molecular complexity index is 301. The number of nitrogens with zero attached hydrogens (tertiary/aromatic N) is 1. The van der Waals surface area contributed by atoms with E-state index in [1.165, 1.54) is 18.9 Å². The van der Waals surface area contributed by atoms with Gasteiger partial charge in [-0.2, -0.15) is 0 Å². The zero-order valence-electron chi connectivity index (χ0n) is 11.2. The first-order valence-corrected chi connectivity index (χ1v) is 6.77. The summed E-state index contributed by atoms with van der Waals surface area (Å²) in [6.45, 7) is 7.20. The van der Waals surface area contributed by atoms with Gasteiger partial charge in [-0.25, -0.2) is 0 Å². The number of amides is 1. The highest BCUT2D eigenvalue weighted by atomic mass is 16.5. The number of carbonyl (C=O) groups excluding carboxylic acids is 2. The van der Waals surface area contributed by atoms with Crippen molar-refractivity contribution < 1.29 is 14.3 Å². The van der Waals surface area contributed by atoms with Crippen LogP contribution in [0.25, 0.3) is 0 Å². The van der Waals surface area contributed by atoms with E-state index in [0.29, 0.717) is 26.1 Å². The van der Waals surface area contributed by atoms with Gasteiger partial charge in [0.2, 0.25) is 5.91 Å². The number of rotatable bonds is 7. The molecule has 4 nitrogen and oxygen atoms in total. The Balaban J connectivity index is 2.19. The van der Waals surface area contributed by atoms with Crippen LogP contribution < -0.4 is 0 Å². The number of esters is 1. The maximum atomic E-state index is 11.7. The van der Waals surface area contributed by atoms with Crippen molar-refractivity contribution >= 4 is 11.9 Å². The highest BCUT2D eigenvalue weighted by Gasteiger charge is 2.30. The molecule has 1 rings (SSSR count). The highest BCUT2D eigenvalue weighted by molar-refractivity contribution is 5.88. The number of ether oxygens (including phenoxy) is 1. The Morgan fingerprint density at radius 3 is 2.83 bits per heavy atom. The van der Waals surface area contributed by atoms with Crippen LogP contribution in [0, 0.1) is 5.92 Å². The molecule has 0 bridgehead atoms. The van der Waals surface area contributed by atoms with Gasteiger partial charge in [-0.15, -0.1) is 0 Å². The fourth-order valence-electron chi connectivity index (χ4n) is 2.10. The maximum Gasteiger partial charge on any atom is 0.310 e. The molecule has 1 amide bonds. The zero-order chi connectivity index (χ0) is 13.4. The van der Waals surface area contributed by atoms with Gasteiger partial charge < -0.3 is 9.64 Å². The van der Waals surface area contributed by atoms with Gasteiger partial charge in [0.25, 0.3) is 0 Å². The number of carbonyl (C=O) groups is 2. The second-order valence-corrected chi connectivity index (χ2v) is 4.70. The molecule has 1 atom stereocenters. The molecular weight excluding hydrogens is 230 g/mol. The molecule has 1 aliphatic heterocycles. The lowest BCUT2D eigenvalue weighted by Crippen LogP contribution is -2.28. The lowest BCUT2D eigenvalue weighted by atomic mass is 10.1. The fourth-order valence-corrected chi connectivity index (χ4v) is 2.10. The Hall–Kier alpha value is -1.32. The summed E-state index contributed by atoms with van der Waals surface area (Å²) in [5.41, 5.74) is 0. The zero-order valence-corrected chi connectivity index (χ0v) is 11.2. The molecule has 0 spiro atoms. The first-order valence-electron chi connectivity index (χ1n) is 6.77. The van der Waals surface area contributed by atoms with Crippen LogP contribution in [-0.2, 0) is 14.3 Å². The van der Waals surface area contributed by atoms with E-state index >= 15 is 0 Å². The average Bonchev–Trinajstić information content (AvgIpc) is 2.87. The van der Waals surface area contributed by atoms with Gasteiger partial charge in [0, 0.05) is 13.1 Å². The molecule has 1 saturated heterocycles. The van der Waals surface area contributed by atoms with Gasteiger partial charge in [-0.1, -0.05) is 32.8 Å². The molecule has 18 heavy (non-hydrogen) atoms. The van der Waals surface area contributed by atoms with Gasteiger partial charge in [0.1, 0.15) is 0 Å². The first-order chi connectivity index (χ1) is 8.69.